The van der Waals surface area contributed by atoms with Gasteiger partial charge in [-0.05, 0) is 43.5 Å². The maximum atomic E-state index is 13.0. The predicted octanol–water partition coefficient (Wildman–Crippen LogP) is 2.17. The van der Waals surface area contributed by atoms with E-state index in [4.69, 9.17) is 0 Å². The molecule has 1 aromatic carbocycles. The quantitative estimate of drug-likeness (QED) is 0.854. The number of likely N-dealkylation sites (N-methyl/N-ethyl adjacent to an activating group) is 1. The van der Waals surface area contributed by atoms with E-state index in [1.54, 1.807) is 6.07 Å². The van der Waals surface area contributed by atoms with E-state index in [2.05, 4.69) is 0 Å². The van der Waals surface area contributed by atoms with E-state index in [0.29, 0.717) is 19.0 Å². The Hall–Kier alpha value is -1.00. The van der Waals surface area contributed by atoms with E-state index >= 15 is 0 Å². The van der Waals surface area contributed by atoms with Gasteiger partial charge in [-0.2, -0.15) is 0 Å². The van der Waals surface area contributed by atoms with Crippen LogP contribution in [0, 0.1) is 17.6 Å². The largest absolute Gasteiger partial charge is 0.392 e. The Morgan fingerprint density at radius 2 is 2.06 bits per heavy atom. The molecule has 0 aliphatic heterocycles. The van der Waals surface area contributed by atoms with Gasteiger partial charge in [0.15, 0.2) is 11.6 Å². The molecule has 17 heavy (non-hydrogen) atoms. The second-order valence-corrected chi connectivity index (χ2v) is 4.85. The number of rotatable bonds is 5. The average Bonchev–Trinajstić information content (AvgIpc) is 3.06. The van der Waals surface area contributed by atoms with Gasteiger partial charge in [0.1, 0.15) is 0 Å². The molecule has 2 rings (SSSR count). The minimum absolute atomic E-state index is 0.301. The molecule has 0 aromatic heterocycles. The smallest absolute Gasteiger partial charge is 0.159 e. The lowest BCUT2D eigenvalue weighted by Crippen LogP contribution is -2.30. The average molecular weight is 241 g/mol. The fourth-order valence-electron chi connectivity index (χ4n) is 1.96. The topological polar surface area (TPSA) is 23.5 Å². The third kappa shape index (κ3) is 3.48. The van der Waals surface area contributed by atoms with E-state index in [1.165, 1.54) is 6.07 Å². The summed E-state index contributed by atoms with van der Waals surface area (Å²) in [4.78, 5) is 1.93. The van der Waals surface area contributed by atoms with Crippen molar-refractivity contribution in [1.29, 1.82) is 0 Å². The van der Waals surface area contributed by atoms with E-state index < -0.39 is 11.6 Å². The van der Waals surface area contributed by atoms with Crippen molar-refractivity contribution < 1.29 is 13.9 Å². The Labute approximate surface area is 99.9 Å². The molecule has 1 aromatic rings. The van der Waals surface area contributed by atoms with Crippen LogP contribution >= 0.6 is 0 Å². The molecule has 1 saturated carbocycles. The number of aliphatic hydroxyl groups excluding tert-OH is 1. The van der Waals surface area contributed by atoms with Gasteiger partial charge in [0.2, 0.25) is 0 Å². The summed E-state index contributed by atoms with van der Waals surface area (Å²) in [6.45, 7) is 1.09. The molecule has 0 heterocycles. The zero-order chi connectivity index (χ0) is 12.4. The molecule has 0 saturated heterocycles. The highest BCUT2D eigenvalue weighted by Crippen LogP contribution is 2.32. The summed E-state index contributed by atoms with van der Waals surface area (Å²) in [5.74, 6) is -1.21. The van der Waals surface area contributed by atoms with Crippen LogP contribution in [0.15, 0.2) is 18.2 Å². The Bertz CT molecular complexity index is 393. The molecule has 1 atom stereocenters. The number of hydrogen-bond donors (Lipinski definition) is 1. The molecule has 1 aliphatic rings. The zero-order valence-corrected chi connectivity index (χ0v) is 9.87. The van der Waals surface area contributed by atoms with Crippen LogP contribution in [0.5, 0.6) is 0 Å². The normalized spacial score (nSPS) is 17.5. The monoisotopic (exact) mass is 241 g/mol. The maximum Gasteiger partial charge on any atom is 0.159 e. The lowest BCUT2D eigenvalue weighted by Gasteiger charge is -2.20. The van der Waals surface area contributed by atoms with Crippen molar-refractivity contribution in [2.75, 3.05) is 13.6 Å². The Morgan fingerprint density at radius 3 is 2.65 bits per heavy atom. The standard InChI is InChI=1S/C13H17F2NO/c1-16(8-13(17)10-3-4-10)7-9-2-5-11(14)12(15)6-9/h2,5-6,10,13,17H,3-4,7-8H2,1H3. The van der Waals surface area contributed by atoms with Crippen LogP contribution in [0.1, 0.15) is 18.4 Å². The Morgan fingerprint density at radius 1 is 1.35 bits per heavy atom. The lowest BCUT2D eigenvalue weighted by atomic mass is 10.2. The highest BCUT2D eigenvalue weighted by molar-refractivity contribution is 5.17. The molecule has 1 N–H and O–H groups in total. The van der Waals surface area contributed by atoms with Crippen molar-refractivity contribution in [2.45, 2.75) is 25.5 Å². The zero-order valence-electron chi connectivity index (χ0n) is 9.87. The summed E-state index contributed by atoms with van der Waals surface area (Å²) in [7, 11) is 1.87. The molecule has 94 valence electrons. The molecule has 1 unspecified atom stereocenters. The summed E-state index contributed by atoms with van der Waals surface area (Å²) in [6.07, 6.45) is 1.89. The second-order valence-electron chi connectivity index (χ2n) is 4.85. The van der Waals surface area contributed by atoms with Crippen LogP contribution < -0.4 is 0 Å². The molecule has 0 bridgehead atoms. The van der Waals surface area contributed by atoms with Crippen LogP contribution in [0.25, 0.3) is 0 Å². The van der Waals surface area contributed by atoms with E-state index in [-0.39, 0.29) is 6.10 Å². The first kappa shape index (κ1) is 12.5. The number of hydrogen-bond acceptors (Lipinski definition) is 2. The summed E-state index contributed by atoms with van der Waals surface area (Å²) < 4.78 is 25.7. The van der Waals surface area contributed by atoms with E-state index in [0.717, 1.165) is 24.5 Å². The summed E-state index contributed by atoms with van der Waals surface area (Å²) in [5, 5.41) is 9.76. The van der Waals surface area contributed by atoms with Gasteiger partial charge in [0, 0.05) is 13.1 Å². The van der Waals surface area contributed by atoms with Crippen molar-refractivity contribution >= 4 is 0 Å². The van der Waals surface area contributed by atoms with Gasteiger partial charge in [-0.3, -0.25) is 4.90 Å². The van der Waals surface area contributed by atoms with Gasteiger partial charge in [0.25, 0.3) is 0 Å². The minimum atomic E-state index is -0.825. The van der Waals surface area contributed by atoms with Gasteiger partial charge in [0.05, 0.1) is 6.10 Å². The number of benzene rings is 1. The third-order valence-corrected chi connectivity index (χ3v) is 3.10. The molecule has 1 aliphatic carbocycles. The first-order chi connectivity index (χ1) is 8.06. The fourth-order valence-corrected chi connectivity index (χ4v) is 1.96. The van der Waals surface area contributed by atoms with Gasteiger partial charge < -0.3 is 5.11 Å². The fraction of sp³-hybridized carbons (Fsp3) is 0.538. The number of halogens is 2. The van der Waals surface area contributed by atoms with Crippen molar-refractivity contribution in [2.24, 2.45) is 5.92 Å². The van der Waals surface area contributed by atoms with Crippen molar-refractivity contribution in [3.05, 3.63) is 35.4 Å². The first-order valence-electron chi connectivity index (χ1n) is 5.87. The molecule has 4 heteroatoms. The minimum Gasteiger partial charge on any atom is -0.392 e. The number of nitrogens with zero attached hydrogens (tertiary/aromatic N) is 1. The van der Waals surface area contributed by atoms with Crippen molar-refractivity contribution in [3.8, 4) is 0 Å². The molecular formula is C13H17F2NO. The molecule has 1 fully saturated rings. The van der Waals surface area contributed by atoms with Crippen LogP contribution in [-0.4, -0.2) is 29.7 Å². The van der Waals surface area contributed by atoms with Crippen molar-refractivity contribution in [3.63, 3.8) is 0 Å². The Balaban J connectivity index is 1.88. The second kappa shape index (κ2) is 5.10. The molecule has 0 spiro atoms. The highest BCUT2D eigenvalue weighted by Gasteiger charge is 2.30. The van der Waals surface area contributed by atoms with Gasteiger partial charge in [-0.15, -0.1) is 0 Å². The molecule has 0 amide bonds. The van der Waals surface area contributed by atoms with Crippen LogP contribution in [0.2, 0.25) is 0 Å². The van der Waals surface area contributed by atoms with Crippen LogP contribution in [0.4, 0.5) is 8.78 Å². The van der Waals surface area contributed by atoms with E-state index in [1.807, 2.05) is 11.9 Å². The predicted molar refractivity (Wildman–Crippen MR) is 61.4 cm³/mol. The number of aliphatic hydroxyl groups is 1. The van der Waals surface area contributed by atoms with E-state index in [9.17, 15) is 13.9 Å². The highest BCUT2D eigenvalue weighted by atomic mass is 19.2. The Kier molecular flexibility index (Phi) is 3.74. The lowest BCUT2D eigenvalue weighted by molar-refractivity contribution is 0.104. The first-order valence-corrected chi connectivity index (χ1v) is 5.87. The van der Waals surface area contributed by atoms with Gasteiger partial charge in [-0.1, -0.05) is 6.07 Å². The summed E-state index contributed by atoms with van der Waals surface area (Å²) in [5.41, 5.74) is 0.717. The SMILES string of the molecule is CN(Cc1ccc(F)c(F)c1)CC(O)C1CC1. The molecule has 0 radical (unpaired) electrons. The third-order valence-electron chi connectivity index (χ3n) is 3.10. The van der Waals surface area contributed by atoms with Crippen molar-refractivity contribution in [1.82, 2.24) is 4.90 Å². The van der Waals surface area contributed by atoms with Gasteiger partial charge in [-0.25, -0.2) is 8.78 Å². The summed E-state index contributed by atoms with van der Waals surface area (Å²) >= 11 is 0. The van der Waals surface area contributed by atoms with Crippen LogP contribution in [0.3, 0.4) is 0 Å². The summed E-state index contributed by atoms with van der Waals surface area (Å²) in [6, 6.07) is 3.91. The molecular weight excluding hydrogens is 224 g/mol. The molecule has 2 nitrogen and oxygen atoms in total. The van der Waals surface area contributed by atoms with Gasteiger partial charge >= 0.3 is 0 Å². The van der Waals surface area contributed by atoms with Crippen LogP contribution in [-0.2, 0) is 6.54 Å². The maximum absolute atomic E-state index is 13.0.